The molecule has 2 aliphatic rings. The van der Waals surface area contributed by atoms with Gasteiger partial charge in [0.1, 0.15) is 65.7 Å². The van der Waals surface area contributed by atoms with Crippen LogP contribution in [0.1, 0.15) is 0 Å². The van der Waals surface area contributed by atoms with Crippen LogP contribution in [-0.4, -0.2) is 137 Å². The smallest absolute Gasteiger partial charge is 0.229 e. The Bertz CT molecular complexity index is 1590. The van der Waals surface area contributed by atoms with Crippen LogP contribution in [0.2, 0.25) is 0 Å². The van der Waals surface area contributed by atoms with Crippen molar-refractivity contribution in [2.75, 3.05) is 34.5 Å². The van der Waals surface area contributed by atoms with E-state index < -0.39 is 97.3 Å². The Hall–Kier alpha value is -3.75. The highest BCUT2D eigenvalue weighted by Gasteiger charge is 2.48. The Labute approximate surface area is 266 Å². The summed E-state index contributed by atoms with van der Waals surface area (Å²) >= 11 is 0. The molecule has 258 valence electrons. The fourth-order valence-electron chi connectivity index (χ4n) is 5.35. The highest BCUT2D eigenvalue weighted by molar-refractivity contribution is 5.95. The molecule has 0 aliphatic carbocycles. The van der Waals surface area contributed by atoms with E-state index in [0.717, 1.165) is 13.2 Å². The van der Waals surface area contributed by atoms with Gasteiger partial charge < -0.3 is 78.4 Å². The Balaban J connectivity index is 1.48. The molecule has 2 saturated heterocycles. The number of methoxy groups -OCH3 is 3. The lowest BCUT2D eigenvalue weighted by Crippen LogP contribution is -2.62. The highest BCUT2D eigenvalue weighted by Crippen LogP contribution is 2.50. The molecule has 0 amide bonds. The number of aromatic hydroxyl groups is 1. The minimum Gasteiger partial charge on any atom is -0.501 e. The molecule has 10 atom stereocenters. The number of aliphatic hydroxyl groups is 7. The molecule has 5 rings (SSSR count). The lowest BCUT2D eigenvalue weighted by Gasteiger charge is -2.42. The number of aliphatic hydroxyl groups excluding tert-OH is 7. The van der Waals surface area contributed by atoms with Crippen LogP contribution in [0.15, 0.2) is 39.5 Å². The summed E-state index contributed by atoms with van der Waals surface area (Å²) in [7, 11) is 3.88. The largest absolute Gasteiger partial charge is 0.501 e. The molecule has 3 heterocycles. The zero-order chi connectivity index (χ0) is 34.2. The minimum absolute atomic E-state index is 0.0943. The SMILES string of the molecule is COc1ccc(-c2cc(=O)c3c(O[C@@H]4OC(CO[C@@H]5OC(CO)[C@@H](O)[C@H](O)C5O)[C@@H](O)[C@H](O)C4O)c(OC)c(O)c(OC)c3o2)cc1. The minimum atomic E-state index is -1.93. The third-order valence-electron chi connectivity index (χ3n) is 7.98. The Kier molecular flexibility index (Phi) is 10.4. The summed E-state index contributed by atoms with van der Waals surface area (Å²) in [6.45, 7) is -1.35. The molecular formula is C30H36O17. The zero-order valence-electron chi connectivity index (χ0n) is 25.3. The predicted octanol–water partition coefficient (Wildman–Crippen LogP) is -1.81. The van der Waals surface area contributed by atoms with Crippen molar-refractivity contribution in [3.8, 4) is 40.1 Å². The van der Waals surface area contributed by atoms with Crippen LogP contribution in [0.25, 0.3) is 22.3 Å². The second-order valence-corrected chi connectivity index (χ2v) is 10.8. The maximum absolute atomic E-state index is 13.6. The van der Waals surface area contributed by atoms with E-state index in [-0.39, 0.29) is 22.5 Å². The van der Waals surface area contributed by atoms with Crippen molar-refractivity contribution in [2.45, 2.75) is 61.4 Å². The maximum Gasteiger partial charge on any atom is 0.229 e. The molecule has 0 saturated carbocycles. The number of rotatable bonds is 10. The molecule has 17 nitrogen and oxygen atoms in total. The van der Waals surface area contributed by atoms with Gasteiger partial charge in [0.15, 0.2) is 23.1 Å². The maximum atomic E-state index is 13.6. The number of phenols is 1. The van der Waals surface area contributed by atoms with Crippen molar-refractivity contribution >= 4 is 11.0 Å². The van der Waals surface area contributed by atoms with Gasteiger partial charge in [0.2, 0.25) is 23.5 Å². The Morgan fingerprint density at radius 2 is 1.32 bits per heavy atom. The van der Waals surface area contributed by atoms with Gasteiger partial charge in [-0.1, -0.05) is 0 Å². The van der Waals surface area contributed by atoms with Crippen molar-refractivity contribution in [1.82, 2.24) is 0 Å². The molecule has 17 heteroatoms. The summed E-state index contributed by atoms with van der Waals surface area (Å²) in [6, 6.07) is 7.73. The standard InChI is InChI=1S/C30H36O17/c1-40-12-6-4-11(5-7-12)14-8-13(32)17-25(44-14)27(41-2)24(39)28(42-3)26(17)47-30-23(38)21(36)19(34)16(46-30)10-43-29-22(37)20(35)18(33)15(9-31)45-29/h4-8,15-16,18-23,29-31,33-39H,9-10H2,1-3H3/t15?,16?,18-,19-,20+,21+,22?,23?,29-,30+/m1/s1. The van der Waals surface area contributed by atoms with Crippen molar-refractivity contribution in [1.29, 1.82) is 0 Å². The van der Waals surface area contributed by atoms with E-state index >= 15 is 0 Å². The molecular weight excluding hydrogens is 632 g/mol. The highest BCUT2D eigenvalue weighted by atomic mass is 16.7. The quantitative estimate of drug-likeness (QED) is 0.118. The summed E-state index contributed by atoms with van der Waals surface area (Å²) in [5.41, 5.74) is -0.459. The van der Waals surface area contributed by atoms with Crippen LogP contribution >= 0.6 is 0 Å². The van der Waals surface area contributed by atoms with Crippen molar-refractivity contribution in [3.05, 3.63) is 40.6 Å². The Morgan fingerprint density at radius 1 is 0.723 bits per heavy atom. The molecule has 2 aliphatic heterocycles. The number of benzene rings is 2. The van der Waals surface area contributed by atoms with Crippen LogP contribution < -0.4 is 24.4 Å². The monoisotopic (exact) mass is 668 g/mol. The van der Waals surface area contributed by atoms with Gasteiger partial charge in [-0.3, -0.25) is 4.79 Å². The van der Waals surface area contributed by atoms with Crippen molar-refractivity contribution < 1.29 is 78.4 Å². The molecule has 3 aromatic rings. The summed E-state index contributed by atoms with van der Waals surface area (Å²) in [5.74, 6) is -1.13. The van der Waals surface area contributed by atoms with Crippen LogP contribution in [0, 0.1) is 0 Å². The van der Waals surface area contributed by atoms with Crippen LogP contribution in [0.5, 0.6) is 28.7 Å². The van der Waals surface area contributed by atoms with Gasteiger partial charge >= 0.3 is 0 Å². The molecule has 4 unspecified atom stereocenters. The van der Waals surface area contributed by atoms with E-state index in [0.29, 0.717) is 11.3 Å². The molecule has 0 radical (unpaired) electrons. The van der Waals surface area contributed by atoms with Gasteiger partial charge in [-0.05, 0) is 24.3 Å². The molecule has 47 heavy (non-hydrogen) atoms. The Morgan fingerprint density at radius 3 is 1.91 bits per heavy atom. The van der Waals surface area contributed by atoms with Crippen molar-refractivity contribution in [3.63, 3.8) is 0 Å². The molecule has 0 bridgehead atoms. The number of fused-ring (bicyclic) bond motifs is 1. The predicted molar refractivity (Wildman–Crippen MR) is 156 cm³/mol. The third kappa shape index (κ3) is 6.42. The van der Waals surface area contributed by atoms with E-state index in [1.54, 1.807) is 24.3 Å². The lowest BCUT2D eigenvalue weighted by atomic mass is 9.98. The molecule has 8 N–H and O–H groups in total. The summed E-state index contributed by atoms with van der Waals surface area (Å²) in [6.07, 6.45) is -17.0. The van der Waals surface area contributed by atoms with E-state index in [1.165, 1.54) is 14.2 Å². The molecule has 1 aromatic heterocycles. The van der Waals surface area contributed by atoms with Crippen LogP contribution in [0.3, 0.4) is 0 Å². The fourth-order valence-corrected chi connectivity index (χ4v) is 5.35. The normalized spacial score (nSPS) is 31.0. The van der Waals surface area contributed by atoms with E-state index in [4.69, 9.17) is 37.6 Å². The number of hydrogen-bond acceptors (Lipinski definition) is 17. The fraction of sp³-hybridized carbons (Fsp3) is 0.500. The number of ether oxygens (including phenoxy) is 7. The summed E-state index contributed by atoms with van der Waals surface area (Å²) in [5, 5.41) is 82.5. The first-order valence-electron chi connectivity index (χ1n) is 14.3. The first-order valence-corrected chi connectivity index (χ1v) is 14.3. The van der Waals surface area contributed by atoms with E-state index in [2.05, 4.69) is 0 Å². The van der Waals surface area contributed by atoms with Gasteiger partial charge in [0, 0.05) is 11.6 Å². The average Bonchev–Trinajstić information content (AvgIpc) is 3.07. The lowest BCUT2D eigenvalue weighted by molar-refractivity contribution is -0.323. The van der Waals surface area contributed by atoms with Crippen molar-refractivity contribution in [2.24, 2.45) is 0 Å². The summed E-state index contributed by atoms with van der Waals surface area (Å²) < 4.78 is 44.1. The number of phenolic OH excluding ortho intramolecular Hbond substituents is 1. The number of hydrogen-bond donors (Lipinski definition) is 8. The van der Waals surface area contributed by atoms with Gasteiger partial charge in [-0.25, -0.2) is 0 Å². The van der Waals surface area contributed by atoms with E-state index in [9.17, 15) is 45.6 Å². The second kappa shape index (κ2) is 14.2. The van der Waals surface area contributed by atoms with Gasteiger partial charge in [0.05, 0.1) is 34.5 Å². The third-order valence-corrected chi connectivity index (χ3v) is 7.98. The van der Waals surface area contributed by atoms with Gasteiger partial charge in [0.25, 0.3) is 0 Å². The molecule has 2 fully saturated rings. The molecule has 0 spiro atoms. The van der Waals surface area contributed by atoms with E-state index in [1.807, 2.05) is 0 Å². The van der Waals surface area contributed by atoms with Crippen LogP contribution in [-0.2, 0) is 14.2 Å². The zero-order valence-corrected chi connectivity index (χ0v) is 25.3. The molecule has 2 aromatic carbocycles. The second-order valence-electron chi connectivity index (χ2n) is 10.8. The summed E-state index contributed by atoms with van der Waals surface area (Å²) in [4.78, 5) is 13.6. The average molecular weight is 669 g/mol. The van der Waals surface area contributed by atoms with Gasteiger partial charge in [-0.2, -0.15) is 0 Å². The van der Waals surface area contributed by atoms with Gasteiger partial charge in [-0.15, -0.1) is 0 Å². The first-order chi connectivity index (χ1) is 22.4. The topological polar surface area (TPSA) is 257 Å². The van der Waals surface area contributed by atoms with Crippen LogP contribution in [0.4, 0.5) is 0 Å². The first kappa shape index (κ1) is 34.6.